The van der Waals surface area contributed by atoms with Crippen LogP contribution < -0.4 is 5.32 Å². The van der Waals surface area contributed by atoms with Gasteiger partial charge in [-0.2, -0.15) is 5.26 Å². The zero-order valence-corrected chi connectivity index (χ0v) is 15.0. The van der Waals surface area contributed by atoms with Crippen LogP contribution in [0.3, 0.4) is 0 Å². The Bertz CT molecular complexity index is 919. The number of thioether (sulfide) groups is 1. The van der Waals surface area contributed by atoms with Crippen LogP contribution in [-0.4, -0.2) is 21.1 Å². The third-order valence-corrected chi connectivity index (χ3v) is 5.33. The minimum absolute atomic E-state index is 0.316. The van der Waals surface area contributed by atoms with Crippen LogP contribution in [0.5, 0.6) is 0 Å². The predicted octanol–water partition coefficient (Wildman–Crippen LogP) is 4.00. The smallest absolute Gasteiger partial charge is 0.259 e. The number of hydrogen-bond donors (Lipinski definition) is 1. The lowest BCUT2D eigenvalue weighted by atomic mass is 10.2. The molecular formula is C16H10ClN5OS2. The molecule has 2 aromatic heterocycles. The van der Waals surface area contributed by atoms with Gasteiger partial charge < -0.3 is 0 Å². The Balaban J connectivity index is 1.57. The van der Waals surface area contributed by atoms with Gasteiger partial charge in [0.1, 0.15) is 5.15 Å². The molecule has 3 rings (SSSR count). The van der Waals surface area contributed by atoms with Gasteiger partial charge in [0.15, 0.2) is 4.34 Å². The fourth-order valence-corrected chi connectivity index (χ4v) is 3.63. The highest BCUT2D eigenvalue weighted by Crippen LogP contribution is 2.28. The molecule has 1 amide bonds. The van der Waals surface area contributed by atoms with Crippen LogP contribution in [0.15, 0.2) is 46.9 Å². The van der Waals surface area contributed by atoms with E-state index in [0.717, 1.165) is 9.90 Å². The number of nitrogens with one attached hydrogen (secondary N) is 1. The van der Waals surface area contributed by atoms with Gasteiger partial charge in [-0.25, -0.2) is 4.98 Å². The highest BCUT2D eigenvalue weighted by Gasteiger charge is 2.11. The maximum Gasteiger partial charge on any atom is 0.259 e. The molecule has 0 atom stereocenters. The number of rotatable bonds is 5. The molecule has 0 fully saturated rings. The molecule has 3 aromatic rings. The average molecular weight is 388 g/mol. The minimum atomic E-state index is -0.316. The largest absolute Gasteiger partial charge is 0.296 e. The monoisotopic (exact) mass is 387 g/mol. The lowest BCUT2D eigenvalue weighted by molar-refractivity contribution is 0.102. The maximum absolute atomic E-state index is 12.1. The van der Waals surface area contributed by atoms with Gasteiger partial charge in [0.25, 0.3) is 5.91 Å². The Morgan fingerprint density at radius 2 is 2.04 bits per heavy atom. The van der Waals surface area contributed by atoms with Crippen LogP contribution in [0.2, 0.25) is 5.15 Å². The number of anilines is 1. The molecular weight excluding hydrogens is 378 g/mol. The Kier molecular flexibility index (Phi) is 5.60. The number of carbonyl (C=O) groups is 1. The second kappa shape index (κ2) is 8.07. The number of hydrogen-bond acceptors (Lipinski definition) is 7. The van der Waals surface area contributed by atoms with Crippen LogP contribution in [-0.2, 0) is 5.75 Å². The second-order valence-corrected chi connectivity index (χ2v) is 7.38. The van der Waals surface area contributed by atoms with Crippen molar-refractivity contribution in [2.45, 2.75) is 10.1 Å². The molecule has 9 heteroatoms. The SMILES string of the molecule is N#Cc1ccc(CSc2nnc(NC(=O)c3ccc(Cl)nc3)s2)cc1. The van der Waals surface area contributed by atoms with Crippen LogP contribution >= 0.6 is 34.7 Å². The van der Waals surface area contributed by atoms with Crippen molar-refractivity contribution in [3.63, 3.8) is 0 Å². The van der Waals surface area contributed by atoms with E-state index in [4.69, 9.17) is 16.9 Å². The minimum Gasteiger partial charge on any atom is -0.296 e. The number of halogens is 1. The van der Waals surface area contributed by atoms with E-state index >= 15 is 0 Å². The molecule has 1 N–H and O–H groups in total. The first-order valence-corrected chi connectivity index (χ1v) is 9.20. The number of pyridine rings is 1. The zero-order valence-electron chi connectivity index (χ0n) is 12.6. The van der Waals surface area contributed by atoms with E-state index < -0.39 is 0 Å². The van der Waals surface area contributed by atoms with Crippen molar-refractivity contribution >= 4 is 45.7 Å². The maximum atomic E-state index is 12.1. The number of carbonyl (C=O) groups excluding carboxylic acids is 1. The molecule has 0 aliphatic carbocycles. The molecule has 25 heavy (non-hydrogen) atoms. The summed E-state index contributed by atoms with van der Waals surface area (Å²) in [5.41, 5.74) is 2.11. The van der Waals surface area contributed by atoms with Gasteiger partial charge in [-0.1, -0.05) is 46.8 Å². The van der Waals surface area contributed by atoms with E-state index in [1.165, 1.54) is 29.3 Å². The number of nitrogens with zero attached hydrogens (tertiary/aromatic N) is 4. The molecule has 0 aliphatic heterocycles. The summed E-state index contributed by atoms with van der Waals surface area (Å²) in [5, 5.41) is 20.2. The molecule has 0 radical (unpaired) electrons. The summed E-state index contributed by atoms with van der Waals surface area (Å²) < 4.78 is 0.744. The fourth-order valence-electron chi connectivity index (χ4n) is 1.82. The van der Waals surface area contributed by atoms with Gasteiger partial charge in [0, 0.05) is 11.9 Å². The number of nitriles is 1. The molecule has 0 bridgehead atoms. The first-order valence-electron chi connectivity index (χ1n) is 7.02. The average Bonchev–Trinajstić information content (AvgIpc) is 3.08. The molecule has 0 saturated heterocycles. The van der Waals surface area contributed by atoms with Crippen LogP contribution in [0.1, 0.15) is 21.5 Å². The van der Waals surface area contributed by atoms with E-state index in [1.807, 2.05) is 12.1 Å². The summed E-state index contributed by atoms with van der Waals surface area (Å²) in [6.07, 6.45) is 1.40. The van der Waals surface area contributed by atoms with Crippen molar-refractivity contribution in [1.29, 1.82) is 5.26 Å². The van der Waals surface area contributed by atoms with E-state index in [2.05, 4.69) is 26.6 Å². The van der Waals surface area contributed by atoms with E-state index in [0.29, 0.717) is 27.2 Å². The Labute approximate surface area is 156 Å². The van der Waals surface area contributed by atoms with Gasteiger partial charge in [-0.05, 0) is 29.8 Å². The fraction of sp³-hybridized carbons (Fsp3) is 0.0625. The van der Waals surface area contributed by atoms with Crippen molar-refractivity contribution in [2.75, 3.05) is 5.32 Å². The van der Waals surface area contributed by atoms with Crippen molar-refractivity contribution < 1.29 is 4.79 Å². The molecule has 0 spiro atoms. The van der Waals surface area contributed by atoms with Crippen molar-refractivity contribution in [2.24, 2.45) is 0 Å². The second-order valence-electron chi connectivity index (χ2n) is 4.79. The Morgan fingerprint density at radius 1 is 1.24 bits per heavy atom. The Hall–Kier alpha value is -2.47. The van der Waals surface area contributed by atoms with E-state index in [1.54, 1.807) is 24.3 Å². The lowest BCUT2D eigenvalue weighted by Crippen LogP contribution is -2.11. The summed E-state index contributed by atoms with van der Waals surface area (Å²) in [6.45, 7) is 0. The lowest BCUT2D eigenvalue weighted by Gasteiger charge is -2.00. The first kappa shape index (κ1) is 17.4. The summed E-state index contributed by atoms with van der Waals surface area (Å²) in [7, 11) is 0. The zero-order chi connectivity index (χ0) is 17.6. The van der Waals surface area contributed by atoms with Crippen molar-refractivity contribution in [1.82, 2.24) is 15.2 Å². The topological polar surface area (TPSA) is 91.6 Å². The van der Waals surface area contributed by atoms with Gasteiger partial charge in [0.2, 0.25) is 5.13 Å². The van der Waals surface area contributed by atoms with Crippen molar-refractivity contribution in [3.8, 4) is 6.07 Å². The predicted molar refractivity (Wildman–Crippen MR) is 97.8 cm³/mol. The van der Waals surface area contributed by atoms with Crippen LogP contribution in [0.25, 0.3) is 0 Å². The van der Waals surface area contributed by atoms with Crippen LogP contribution in [0.4, 0.5) is 5.13 Å². The third-order valence-electron chi connectivity index (χ3n) is 3.06. The van der Waals surface area contributed by atoms with E-state index in [9.17, 15) is 4.79 Å². The standard InChI is InChI=1S/C16H10ClN5OS2/c17-13-6-5-12(8-19-13)14(23)20-15-21-22-16(25-15)24-9-11-3-1-10(7-18)2-4-11/h1-6,8H,9H2,(H,20,21,23). The van der Waals surface area contributed by atoms with Gasteiger partial charge in [-0.15, -0.1) is 10.2 Å². The molecule has 0 aliphatic rings. The van der Waals surface area contributed by atoms with Gasteiger partial charge in [-0.3, -0.25) is 10.1 Å². The highest BCUT2D eigenvalue weighted by atomic mass is 35.5. The summed E-state index contributed by atoms with van der Waals surface area (Å²) in [5.74, 6) is 0.388. The summed E-state index contributed by atoms with van der Waals surface area (Å²) in [6, 6.07) is 12.6. The molecule has 0 saturated carbocycles. The molecule has 6 nitrogen and oxygen atoms in total. The number of aromatic nitrogens is 3. The first-order chi connectivity index (χ1) is 12.1. The van der Waals surface area contributed by atoms with Crippen molar-refractivity contribution in [3.05, 3.63) is 64.4 Å². The summed E-state index contributed by atoms with van der Waals surface area (Å²) >= 11 is 8.51. The normalized spacial score (nSPS) is 10.2. The molecule has 124 valence electrons. The quantitative estimate of drug-likeness (QED) is 0.404. The highest BCUT2D eigenvalue weighted by molar-refractivity contribution is 8.00. The van der Waals surface area contributed by atoms with Crippen LogP contribution in [0, 0.1) is 11.3 Å². The molecule has 0 unspecified atom stereocenters. The molecule has 2 heterocycles. The number of benzene rings is 1. The van der Waals surface area contributed by atoms with Gasteiger partial charge >= 0.3 is 0 Å². The number of amides is 1. The van der Waals surface area contributed by atoms with Gasteiger partial charge in [0.05, 0.1) is 17.2 Å². The third kappa shape index (κ3) is 4.76. The Morgan fingerprint density at radius 3 is 2.72 bits per heavy atom. The molecule has 1 aromatic carbocycles. The van der Waals surface area contributed by atoms with E-state index in [-0.39, 0.29) is 5.91 Å². The summed E-state index contributed by atoms with van der Waals surface area (Å²) in [4.78, 5) is 16.0.